The molecule has 3 rings (SSSR count). The van der Waals surface area contributed by atoms with Crippen molar-refractivity contribution in [3.05, 3.63) is 41.1 Å². The topological polar surface area (TPSA) is 36.9 Å². The van der Waals surface area contributed by atoms with Gasteiger partial charge in [-0.3, -0.25) is 0 Å². The summed E-state index contributed by atoms with van der Waals surface area (Å²) in [6.45, 7) is 10.2. The van der Waals surface area contributed by atoms with Crippen molar-refractivity contribution in [3.8, 4) is 5.75 Å². The van der Waals surface area contributed by atoms with Gasteiger partial charge < -0.3 is 15.0 Å². The van der Waals surface area contributed by atoms with E-state index in [1.54, 1.807) is 0 Å². The van der Waals surface area contributed by atoms with Crippen molar-refractivity contribution in [3.63, 3.8) is 0 Å². The molecule has 4 nitrogen and oxygen atoms in total. The maximum atomic E-state index is 5.66. The molecular weight excluding hydrogens is 274 g/mol. The number of aliphatic imine (C=N–C) groups is 1. The number of hydrogen-bond donors (Lipinski definition) is 1. The van der Waals surface area contributed by atoms with Crippen LogP contribution in [0.1, 0.15) is 44.9 Å². The van der Waals surface area contributed by atoms with Gasteiger partial charge in [-0.25, -0.2) is 4.99 Å². The Kier molecular flexibility index (Phi) is 4.10. The van der Waals surface area contributed by atoms with Crippen LogP contribution in [0.3, 0.4) is 0 Å². The predicted octanol–water partition coefficient (Wildman–Crippen LogP) is 3.26. The first-order chi connectivity index (χ1) is 10.5. The number of ether oxygens (including phenoxy) is 1. The first-order valence-corrected chi connectivity index (χ1v) is 8.05. The van der Waals surface area contributed by atoms with Gasteiger partial charge >= 0.3 is 0 Å². The van der Waals surface area contributed by atoms with E-state index in [-0.39, 0.29) is 6.04 Å². The Labute approximate surface area is 132 Å². The molecule has 2 aliphatic heterocycles. The standard InChI is InChI=1S/C18H25N3O/c1-12(2)21-10-13(3)18(19-11-21)20-14(4)16-6-5-15-7-8-22-17(15)9-16/h5-6,9-10,12,14H,7-8,11H2,1-4H3,(H,19,20)/t14-/m0/s1. The van der Waals surface area contributed by atoms with Crippen molar-refractivity contribution < 1.29 is 4.74 Å². The normalized spacial score (nSPS) is 18.5. The molecule has 0 amide bonds. The van der Waals surface area contributed by atoms with Gasteiger partial charge in [0.05, 0.1) is 12.6 Å². The average Bonchev–Trinajstić information content (AvgIpc) is 2.96. The molecule has 0 unspecified atom stereocenters. The molecule has 0 radical (unpaired) electrons. The first kappa shape index (κ1) is 14.9. The number of nitrogens with one attached hydrogen (secondary N) is 1. The molecule has 1 N–H and O–H groups in total. The van der Waals surface area contributed by atoms with Crippen molar-refractivity contribution in [1.82, 2.24) is 10.2 Å². The Bertz CT molecular complexity index is 619. The van der Waals surface area contributed by atoms with Crippen LogP contribution < -0.4 is 10.1 Å². The Hall–Kier alpha value is -1.97. The summed E-state index contributed by atoms with van der Waals surface area (Å²) < 4.78 is 5.66. The number of benzene rings is 1. The van der Waals surface area contributed by atoms with Crippen LogP contribution in [-0.2, 0) is 6.42 Å². The second-order valence-corrected chi connectivity index (χ2v) is 6.40. The molecule has 0 aliphatic carbocycles. The van der Waals surface area contributed by atoms with Crippen LogP contribution in [0.15, 0.2) is 35.0 Å². The van der Waals surface area contributed by atoms with Crippen LogP contribution in [0.25, 0.3) is 0 Å². The van der Waals surface area contributed by atoms with Crippen molar-refractivity contribution in [2.75, 3.05) is 13.3 Å². The molecule has 4 heteroatoms. The lowest BCUT2D eigenvalue weighted by Gasteiger charge is -2.29. The van der Waals surface area contributed by atoms with E-state index in [0.29, 0.717) is 6.04 Å². The molecule has 2 aliphatic rings. The highest BCUT2D eigenvalue weighted by molar-refractivity contribution is 5.98. The molecule has 0 saturated carbocycles. The molecule has 22 heavy (non-hydrogen) atoms. The van der Waals surface area contributed by atoms with E-state index in [2.05, 4.69) is 67.3 Å². The fourth-order valence-electron chi connectivity index (χ4n) is 2.84. The maximum Gasteiger partial charge on any atom is 0.127 e. The number of hydrogen-bond acceptors (Lipinski definition) is 4. The molecule has 2 heterocycles. The molecule has 1 aromatic carbocycles. The van der Waals surface area contributed by atoms with Crippen molar-refractivity contribution in [1.29, 1.82) is 0 Å². The van der Waals surface area contributed by atoms with E-state index in [1.165, 1.54) is 16.7 Å². The van der Waals surface area contributed by atoms with Crippen LogP contribution in [-0.4, -0.2) is 30.1 Å². The first-order valence-electron chi connectivity index (χ1n) is 8.05. The second-order valence-electron chi connectivity index (χ2n) is 6.40. The minimum Gasteiger partial charge on any atom is -0.493 e. The zero-order valence-electron chi connectivity index (χ0n) is 13.9. The molecule has 118 valence electrons. The van der Waals surface area contributed by atoms with Gasteiger partial charge in [-0.05, 0) is 44.9 Å². The lowest BCUT2D eigenvalue weighted by molar-refractivity contribution is 0.315. The molecule has 1 atom stereocenters. The quantitative estimate of drug-likeness (QED) is 0.931. The maximum absolute atomic E-state index is 5.66. The molecule has 1 aromatic rings. The summed E-state index contributed by atoms with van der Waals surface area (Å²) >= 11 is 0. The molecule has 0 aromatic heterocycles. The van der Waals surface area contributed by atoms with Crippen molar-refractivity contribution >= 4 is 5.84 Å². The van der Waals surface area contributed by atoms with Gasteiger partial charge in [0.2, 0.25) is 0 Å². The van der Waals surface area contributed by atoms with Gasteiger partial charge in [0.15, 0.2) is 0 Å². The van der Waals surface area contributed by atoms with Crippen LogP contribution in [0.5, 0.6) is 5.75 Å². The van der Waals surface area contributed by atoms with Gasteiger partial charge in [0, 0.05) is 24.2 Å². The van der Waals surface area contributed by atoms with Gasteiger partial charge in [-0.1, -0.05) is 12.1 Å². The summed E-state index contributed by atoms with van der Waals surface area (Å²) in [5.74, 6) is 2.03. The van der Waals surface area contributed by atoms with Gasteiger partial charge in [-0.15, -0.1) is 0 Å². The summed E-state index contributed by atoms with van der Waals surface area (Å²) in [4.78, 5) is 6.93. The van der Waals surface area contributed by atoms with E-state index in [4.69, 9.17) is 4.74 Å². The third-order valence-electron chi connectivity index (χ3n) is 4.36. The fourth-order valence-corrected chi connectivity index (χ4v) is 2.84. The van der Waals surface area contributed by atoms with Crippen LogP contribution in [0.4, 0.5) is 0 Å². The third kappa shape index (κ3) is 2.96. The number of nitrogens with zero attached hydrogens (tertiary/aromatic N) is 2. The minimum absolute atomic E-state index is 0.210. The molecule has 0 fully saturated rings. The monoisotopic (exact) mass is 299 g/mol. The highest BCUT2D eigenvalue weighted by Crippen LogP contribution is 2.28. The highest BCUT2D eigenvalue weighted by atomic mass is 16.5. The SMILES string of the molecule is CC1=CN(C(C)C)CN=C1N[C@@H](C)c1ccc2c(c1)OCC2. The second kappa shape index (κ2) is 6.03. The van der Waals surface area contributed by atoms with Crippen LogP contribution >= 0.6 is 0 Å². The van der Waals surface area contributed by atoms with E-state index in [1.807, 2.05) is 0 Å². The number of fused-ring (bicyclic) bond motifs is 1. The summed E-state index contributed by atoms with van der Waals surface area (Å²) in [6.07, 6.45) is 3.22. The Morgan fingerprint density at radius 3 is 2.82 bits per heavy atom. The summed E-state index contributed by atoms with van der Waals surface area (Å²) in [5, 5.41) is 3.54. The summed E-state index contributed by atoms with van der Waals surface area (Å²) in [7, 11) is 0. The predicted molar refractivity (Wildman–Crippen MR) is 90.2 cm³/mol. The Balaban J connectivity index is 1.70. The van der Waals surface area contributed by atoms with Crippen LogP contribution in [0.2, 0.25) is 0 Å². The summed E-state index contributed by atoms with van der Waals surface area (Å²) in [6, 6.07) is 7.22. The average molecular weight is 299 g/mol. The smallest absolute Gasteiger partial charge is 0.127 e. The Morgan fingerprint density at radius 2 is 2.09 bits per heavy atom. The van der Waals surface area contributed by atoms with Gasteiger partial charge in [-0.2, -0.15) is 0 Å². The van der Waals surface area contributed by atoms with E-state index >= 15 is 0 Å². The lowest BCUT2D eigenvalue weighted by atomic mass is 10.0. The fraction of sp³-hybridized carbons (Fsp3) is 0.500. The van der Waals surface area contributed by atoms with Crippen molar-refractivity contribution in [2.24, 2.45) is 4.99 Å². The largest absolute Gasteiger partial charge is 0.493 e. The number of rotatable bonds is 3. The molecule has 0 spiro atoms. The highest BCUT2D eigenvalue weighted by Gasteiger charge is 2.18. The summed E-state index contributed by atoms with van der Waals surface area (Å²) in [5.41, 5.74) is 3.74. The minimum atomic E-state index is 0.210. The van der Waals surface area contributed by atoms with Gasteiger partial charge in [0.25, 0.3) is 0 Å². The molecular formula is C18H25N3O. The van der Waals surface area contributed by atoms with E-state index in [0.717, 1.165) is 31.3 Å². The zero-order valence-corrected chi connectivity index (χ0v) is 13.9. The zero-order chi connectivity index (χ0) is 15.7. The van der Waals surface area contributed by atoms with Crippen molar-refractivity contribution in [2.45, 2.75) is 46.2 Å². The lowest BCUT2D eigenvalue weighted by Crippen LogP contribution is -2.36. The van der Waals surface area contributed by atoms with Gasteiger partial charge in [0.1, 0.15) is 18.3 Å². The van der Waals surface area contributed by atoms with E-state index < -0.39 is 0 Å². The van der Waals surface area contributed by atoms with Crippen LogP contribution in [0, 0.1) is 0 Å². The van der Waals surface area contributed by atoms with E-state index in [9.17, 15) is 0 Å². The molecule has 0 saturated heterocycles. The number of amidine groups is 1. The molecule has 0 bridgehead atoms. The Morgan fingerprint density at radius 1 is 1.27 bits per heavy atom. The third-order valence-corrected chi connectivity index (χ3v) is 4.36.